The first-order chi connectivity index (χ1) is 15.8. The van der Waals surface area contributed by atoms with Crippen molar-refractivity contribution in [1.29, 1.82) is 0 Å². The average Bonchev–Trinajstić information content (AvgIpc) is 3.45. The number of hydrogen-bond donors (Lipinski definition) is 0. The van der Waals surface area contributed by atoms with Gasteiger partial charge in [-0.05, 0) is 35.4 Å². The van der Waals surface area contributed by atoms with Crippen LogP contribution in [0.15, 0.2) is 54.6 Å². The fourth-order valence-electron chi connectivity index (χ4n) is 5.37. The van der Waals surface area contributed by atoms with Crippen molar-refractivity contribution in [2.75, 3.05) is 38.1 Å². The van der Waals surface area contributed by atoms with E-state index in [4.69, 9.17) is 23.7 Å². The molecule has 0 amide bonds. The van der Waals surface area contributed by atoms with Crippen LogP contribution in [-0.4, -0.2) is 33.2 Å². The van der Waals surface area contributed by atoms with Crippen molar-refractivity contribution < 1.29 is 23.7 Å². The lowest BCUT2D eigenvalue weighted by molar-refractivity contribution is 0.173. The Kier molecular flexibility index (Phi) is 3.80. The zero-order valence-corrected chi connectivity index (χ0v) is 17.6. The molecule has 32 heavy (non-hydrogen) atoms. The molecule has 0 radical (unpaired) electrons. The normalized spacial score (nSPS) is 21.8. The quantitative estimate of drug-likeness (QED) is 0.606. The van der Waals surface area contributed by atoms with Gasteiger partial charge < -0.3 is 28.6 Å². The van der Waals surface area contributed by atoms with E-state index in [1.54, 1.807) is 0 Å². The van der Waals surface area contributed by atoms with Crippen LogP contribution in [0.25, 0.3) is 0 Å². The zero-order chi connectivity index (χ0) is 21.1. The molecular weight excluding hydrogens is 406 g/mol. The number of ether oxygens (including phenoxy) is 5. The van der Waals surface area contributed by atoms with E-state index in [0.29, 0.717) is 19.8 Å². The van der Waals surface area contributed by atoms with Crippen molar-refractivity contribution in [3.63, 3.8) is 0 Å². The van der Waals surface area contributed by atoms with E-state index in [0.717, 1.165) is 48.3 Å². The third kappa shape index (κ3) is 2.58. The molecule has 0 N–H and O–H groups in total. The Morgan fingerprint density at radius 3 is 2.47 bits per heavy atom. The Labute approximate surface area is 186 Å². The summed E-state index contributed by atoms with van der Waals surface area (Å²) in [5.41, 5.74) is 4.69. The topological polar surface area (TPSA) is 49.4 Å². The smallest absolute Gasteiger partial charge is 0.231 e. The van der Waals surface area contributed by atoms with Crippen LogP contribution in [0.1, 0.15) is 23.1 Å². The van der Waals surface area contributed by atoms with Gasteiger partial charge in [0.25, 0.3) is 0 Å². The van der Waals surface area contributed by atoms with Gasteiger partial charge in [-0.3, -0.25) is 0 Å². The molecule has 1 atom stereocenters. The van der Waals surface area contributed by atoms with Crippen LogP contribution in [0.4, 0.5) is 5.69 Å². The van der Waals surface area contributed by atoms with Gasteiger partial charge >= 0.3 is 0 Å². The van der Waals surface area contributed by atoms with Gasteiger partial charge in [0.15, 0.2) is 23.0 Å². The van der Waals surface area contributed by atoms with Crippen LogP contribution in [-0.2, 0) is 12.0 Å². The fraction of sp³-hybridized carbons (Fsp3) is 0.308. The van der Waals surface area contributed by atoms with Gasteiger partial charge in [-0.25, -0.2) is 0 Å². The summed E-state index contributed by atoms with van der Waals surface area (Å²) < 4.78 is 29.2. The first-order valence-corrected chi connectivity index (χ1v) is 11.1. The van der Waals surface area contributed by atoms with Gasteiger partial charge in [0.2, 0.25) is 6.79 Å². The summed E-state index contributed by atoms with van der Waals surface area (Å²) in [6, 6.07) is 19.0. The van der Waals surface area contributed by atoms with E-state index in [1.807, 2.05) is 12.1 Å². The van der Waals surface area contributed by atoms with Gasteiger partial charge in [0.1, 0.15) is 12.4 Å². The molecule has 1 unspecified atom stereocenters. The molecule has 4 aliphatic rings. The molecule has 0 fully saturated rings. The Bertz CT molecular complexity index is 1220. The maximum absolute atomic E-state index is 6.21. The Morgan fingerprint density at radius 1 is 0.719 bits per heavy atom. The van der Waals surface area contributed by atoms with E-state index in [2.05, 4.69) is 47.4 Å². The molecule has 6 nitrogen and oxygen atoms in total. The molecule has 3 aromatic carbocycles. The monoisotopic (exact) mass is 429 g/mol. The van der Waals surface area contributed by atoms with E-state index in [-0.39, 0.29) is 12.2 Å². The predicted molar refractivity (Wildman–Crippen MR) is 118 cm³/mol. The second-order valence-corrected chi connectivity index (χ2v) is 8.78. The predicted octanol–water partition coefficient (Wildman–Crippen LogP) is 4.28. The highest BCUT2D eigenvalue weighted by atomic mass is 16.7. The minimum atomic E-state index is -0.224. The first kappa shape index (κ1) is 18.1. The minimum Gasteiger partial charge on any atom is -0.492 e. The summed E-state index contributed by atoms with van der Waals surface area (Å²) in [6.07, 6.45) is 0.907. The van der Waals surface area contributed by atoms with Gasteiger partial charge in [0.05, 0.1) is 18.6 Å². The summed E-state index contributed by atoms with van der Waals surface area (Å²) >= 11 is 0. The van der Waals surface area contributed by atoms with Gasteiger partial charge in [-0.15, -0.1) is 0 Å². The molecule has 3 aromatic rings. The first-order valence-electron chi connectivity index (χ1n) is 11.1. The number of fused-ring (bicyclic) bond motifs is 6. The molecule has 162 valence electrons. The molecule has 0 bridgehead atoms. The number of rotatable bonds is 2. The molecule has 0 saturated carbocycles. The van der Waals surface area contributed by atoms with E-state index in [9.17, 15) is 0 Å². The van der Waals surface area contributed by atoms with E-state index >= 15 is 0 Å². The summed E-state index contributed by atoms with van der Waals surface area (Å²) in [5, 5.41) is 0. The van der Waals surface area contributed by atoms with Crippen molar-refractivity contribution in [1.82, 2.24) is 0 Å². The Hall–Kier alpha value is -3.54. The second kappa shape index (κ2) is 6.73. The lowest BCUT2D eigenvalue weighted by Crippen LogP contribution is -2.35. The van der Waals surface area contributed by atoms with Gasteiger partial charge in [-0.1, -0.05) is 24.3 Å². The number of benzene rings is 3. The third-order valence-electron chi connectivity index (χ3n) is 6.87. The lowest BCUT2D eigenvalue weighted by atomic mass is 9.77. The van der Waals surface area contributed by atoms with Gasteiger partial charge in [0, 0.05) is 36.8 Å². The number of para-hydroxylation sites is 1. The SMILES string of the molecule is c1ccc2c(c1)N(Cc1ccc3c(c1)OCCCO3)CC21COc2cc3c(cc21)OCO3. The maximum Gasteiger partial charge on any atom is 0.231 e. The third-order valence-corrected chi connectivity index (χ3v) is 6.87. The molecule has 1 spiro atoms. The zero-order valence-electron chi connectivity index (χ0n) is 17.6. The Morgan fingerprint density at radius 2 is 1.53 bits per heavy atom. The molecule has 4 aliphatic heterocycles. The highest BCUT2D eigenvalue weighted by molar-refractivity contribution is 5.71. The van der Waals surface area contributed by atoms with Crippen molar-refractivity contribution >= 4 is 5.69 Å². The summed E-state index contributed by atoms with van der Waals surface area (Å²) in [5.74, 6) is 4.12. The highest BCUT2D eigenvalue weighted by Gasteiger charge is 2.50. The van der Waals surface area contributed by atoms with Crippen molar-refractivity contribution in [2.24, 2.45) is 0 Å². The molecule has 6 heteroatoms. The van der Waals surface area contributed by atoms with Crippen LogP contribution in [0, 0.1) is 0 Å². The number of anilines is 1. The largest absolute Gasteiger partial charge is 0.492 e. The van der Waals surface area contributed by atoms with Crippen molar-refractivity contribution in [2.45, 2.75) is 18.4 Å². The second-order valence-electron chi connectivity index (χ2n) is 8.78. The summed E-state index contributed by atoms with van der Waals surface area (Å²) in [6.45, 7) is 3.89. The highest BCUT2D eigenvalue weighted by Crippen LogP contribution is 2.54. The average molecular weight is 429 g/mol. The number of hydrogen-bond acceptors (Lipinski definition) is 6. The molecular formula is C26H23NO5. The molecule has 7 rings (SSSR count). The minimum absolute atomic E-state index is 0.224. The van der Waals surface area contributed by atoms with E-state index in [1.165, 1.54) is 22.4 Å². The van der Waals surface area contributed by atoms with Gasteiger partial charge in [-0.2, -0.15) is 0 Å². The van der Waals surface area contributed by atoms with Crippen molar-refractivity contribution in [3.8, 4) is 28.7 Å². The summed E-state index contributed by atoms with van der Waals surface area (Å²) in [4.78, 5) is 2.44. The molecule has 4 heterocycles. The van der Waals surface area contributed by atoms with Crippen LogP contribution in [0.5, 0.6) is 28.7 Å². The van der Waals surface area contributed by atoms with Crippen LogP contribution in [0.2, 0.25) is 0 Å². The molecule has 0 aliphatic carbocycles. The molecule has 0 saturated heterocycles. The maximum atomic E-state index is 6.21. The lowest BCUT2D eigenvalue weighted by Gasteiger charge is -2.25. The van der Waals surface area contributed by atoms with Crippen LogP contribution in [0.3, 0.4) is 0 Å². The molecule has 0 aromatic heterocycles. The van der Waals surface area contributed by atoms with Crippen molar-refractivity contribution in [3.05, 3.63) is 71.3 Å². The fourth-order valence-corrected chi connectivity index (χ4v) is 5.37. The van der Waals surface area contributed by atoms with E-state index < -0.39 is 0 Å². The summed E-state index contributed by atoms with van der Waals surface area (Å²) in [7, 11) is 0. The van der Waals surface area contributed by atoms with Crippen LogP contribution < -0.4 is 28.6 Å². The standard InChI is InChI=1S/C26H23NO5/c1-2-5-20-18(4-1)26(15-30-22-12-25-24(11-19(22)26)31-16-32-25)14-27(20)13-17-6-7-21-23(10-17)29-9-3-8-28-21/h1-2,4-7,10-12H,3,8-9,13-16H2. The van der Waals surface area contributed by atoms with Crippen LogP contribution >= 0.6 is 0 Å². The Balaban J connectivity index is 1.26. The number of nitrogens with zero attached hydrogens (tertiary/aromatic N) is 1.